The molecule has 0 unspecified atom stereocenters. The summed E-state index contributed by atoms with van der Waals surface area (Å²) in [4.78, 5) is 12.7. The van der Waals surface area contributed by atoms with Crippen LogP contribution in [0.3, 0.4) is 0 Å². The zero-order valence-corrected chi connectivity index (χ0v) is 15.9. The molecular weight excluding hydrogens is 344 g/mol. The molecule has 1 aromatic heterocycles. The predicted molar refractivity (Wildman–Crippen MR) is 107 cm³/mol. The molecule has 0 aliphatic heterocycles. The third-order valence-corrected chi connectivity index (χ3v) is 7.19. The summed E-state index contributed by atoms with van der Waals surface area (Å²) >= 11 is 1.90. The van der Waals surface area contributed by atoms with Crippen LogP contribution in [0.1, 0.15) is 68.4 Å². The van der Waals surface area contributed by atoms with Gasteiger partial charge >= 0.3 is 5.63 Å². The van der Waals surface area contributed by atoms with E-state index in [-0.39, 0.29) is 17.3 Å². The number of rotatable bonds is 5. The van der Waals surface area contributed by atoms with Crippen molar-refractivity contribution in [2.45, 2.75) is 68.3 Å². The lowest BCUT2D eigenvalue weighted by Gasteiger charge is -2.17. The number of thioether (sulfide) groups is 1. The first-order chi connectivity index (χ1) is 12.7. The molecule has 0 spiro atoms. The average molecular weight is 371 g/mol. The molecule has 0 saturated heterocycles. The van der Waals surface area contributed by atoms with Crippen molar-refractivity contribution in [2.24, 2.45) is 0 Å². The summed E-state index contributed by atoms with van der Waals surface area (Å²) < 4.78 is 5.81. The maximum Gasteiger partial charge on any atom is 0.343 e. The van der Waals surface area contributed by atoms with Crippen LogP contribution in [-0.4, -0.2) is 10.4 Å². The Labute approximate surface area is 158 Å². The second-order valence-electron chi connectivity index (χ2n) is 7.52. The molecular formula is C22H26O3S. The SMILES string of the molecule is O=c1oc(-c2ccccc2)c(CSC2CCCC2)c(O)c1C1CCCC1. The number of aromatic hydroxyl groups is 1. The molecule has 138 valence electrons. The monoisotopic (exact) mass is 370 g/mol. The molecule has 4 rings (SSSR count). The summed E-state index contributed by atoms with van der Waals surface area (Å²) in [7, 11) is 0. The Balaban J connectivity index is 1.75. The van der Waals surface area contributed by atoms with Crippen LogP contribution in [0.25, 0.3) is 11.3 Å². The Morgan fingerprint density at radius 2 is 1.65 bits per heavy atom. The van der Waals surface area contributed by atoms with E-state index in [0.717, 1.165) is 36.8 Å². The fourth-order valence-electron chi connectivity index (χ4n) is 4.36. The van der Waals surface area contributed by atoms with Gasteiger partial charge in [0, 0.05) is 22.1 Å². The zero-order chi connectivity index (χ0) is 17.9. The van der Waals surface area contributed by atoms with E-state index in [0.29, 0.717) is 22.3 Å². The fourth-order valence-corrected chi connectivity index (χ4v) is 5.70. The van der Waals surface area contributed by atoms with Gasteiger partial charge in [0.05, 0.1) is 5.56 Å². The molecule has 1 N–H and O–H groups in total. The van der Waals surface area contributed by atoms with Crippen LogP contribution >= 0.6 is 11.8 Å². The lowest BCUT2D eigenvalue weighted by atomic mass is 9.95. The highest BCUT2D eigenvalue weighted by molar-refractivity contribution is 7.99. The van der Waals surface area contributed by atoms with Crippen LogP contribution < -0.4 is 5.63 Å². The molecule has 3 nitrogen and oxygen atoms in total. The van der Waals surface area contributed by atoms with Crippen molar-refractivity contribution in [3.05, 3.63) is 51.9 Å². The van der Waals surface area contributed by atoms with E-state index in [1.165, 1.54) is 25.7 Å². The molecule has 2 fully saturated rings. The van der Waals surface area contributed by atoms with Gasteiger partial charge < -0.3 is 9.52 Å². The van der Waals surface area contributed by atoms with E-state index in [1.807, 2.05) is 42.1 Å². The van der Waals surface area contributed by atoms with E-state index >= 15 is 0 Å². The van der Waals surface area contributed by atoms with Crippen LogP contribution in [0, 0.1) is 0 Å². The maximum atomic E-state index is 12.7. The standard InChI is InChI=1S/C22H26O3S/c23-20-18(14-26-17-12-6-7-13-17)21(16-10-2-1-3-11-16)25-22(24)19(20)15-8-4-5-9-15/h1-3,10-11,15,17,23H,4-9,12-14H2. The number of hydrogen-bond acceptors (Lipinski definition) is 4. The largest absolute Gasteiger partial charge is 0.507 e. The normalized spacial score (nSPS) is 18.6. The molecule has 0 bridgehead atoms. The van der Waals surface area contributed by atoms with Gasteiger partial charge in [0.25, 0.3) is 0 Å². The fraction of sp³-hybridized carbons (Fsp3) is 0.500. The molecule has 2 aromatic rings. The Hall–Kier alpha value is -1.68. The molecule has 2 aliphatic rings. The van der Waals surface area contributed by atoms with Crippen LogP contribution in [0.4, 0.5) is 0 Å². The molecule has 1 heterocycles. The highest BCUT2D eigenvalue weighted by Gasteiger charge is 2.29. The Kier molecular flexibility index (Phi) is 5.39. The average Bonchev–Trinajstić information content (AvgIpc) is 3.35. The van der Waals surface area contributed by atoms with Crippen molar-refractivity contribution in [3.8, 4) is 17.1 Å². The summed E-state index contributed by atoms with van der Waals surface area (Å²) in [6, 6.07) is 9.70. The Morgan fingerprint density at radius 3 is 2.35 bits per heavy atom. The molecule has 26 heavy (non-hydrogen) atoms. The van der Waals surface area contributed by atoms with Gasteiger partial charge in [0.15, 0.2) is 0 Å². The van der Waals surface area contributed by atoms with Crippen molar-refractivity contribution >= 4 is 11.8 Å². The van der Waals surface area contributed by atoms with Crippen molar-refractivity contribution in [1.29, 1.82) is 0 Å². The van der Waals surface area contributed by atoms with Gasteiger partial charge in [-0.1, -0.05) is 56.0 Å². The lowest BCUT2D eigenvalue weighted by Crippen LogP contribution is -2.14. The third-order valence-electron chi connectivity index (χ3n) is 5.79. The van der Waals surface area contributed by atoms with Crippen molar-refractivity contribution < 1.29 is 9.52 Å². The Bertz CT molecular complexity index is 800. The van der Waals surface area contributed by atoms with E-state index in [2.05, 4.69) is 0 Å². The first-order valence-corrected chi connectivity index (χ1v) is 10.8. The quantitative estimate of drug-likeness (QED) is 0.718. The summed E-state index contributed by atoms with van der Waals surface area (Å²) in [5, 5.41) is 11.7. The molecule has 2 aliphatic carbocycles. The van der Waals surface area contributed by atoms with E-state index < -0.39 is 0 Å². The van der Waals surface area contributed by atoms with Gasteiger partial charge in [-0.25, -0.2) is 4.79 Å². The maximum absolute atomic E-state index is 12.7. The second kappa shape index (κ2) is 7.91. The summed E-state index contributed by atoms with van der Waals surface area (Å²) in [5.74, 6) is 1.58. The molecule has 1 aromatic carbocycles. The van der Waals surface area contributed by atoms with Gasteiger partial charge in [0.2, 0.25) is 0 Å². The molecule has 0 amide bonds. The van der Waals surface area contributed by atoms with Gasteiger partial charge in [-0.3, -0.25) is 0 Å². The second-order valence-corrected chi connectivity index (χ2v) is 8.81. The van der Waals surface area contributed by atoms with Crippen LogP contribution in [0.15, 0.2) is 39.5 Å². The van der Waals surface area contributed by atoms with Crippen LogP contribution in [0.2, 0.25) is 0 Å². The number of benzene rings is 1. The molecule has 4 heteroatoms. The zero-order valence-electron chi connectivity index (χ0n) is 15.1. The van der Waals surface area contributed by atoms with E-state index in [4.69, 9.17) is 4.42 Å². The van der Waals surface area contributed by atoms with Crippen molar-refractivity contribution in [2.75, 3.05) is 0 Å². The molecule has 0 radical (unpaired) electrons. The predicted octanol–water partition coefficient (Wildman–Crippen LogP) is 5.85. The minimum atomic E-state index is -0.358. The van der Waals surface area contributed by atoms with Gasteiger partial charge in [-0.15, -0.1) is 0 Å². The van der Waals surface area contributed by atoms with Crippen LogP contribution in [-0.2, 0) is 5.75 Å². The van der Waals surface area contributed by atoms with Crippen LogP contribution in [0.5, 0.6) is 5.75 Å². The van der Waals surface area contributed by atoms with Crippen molar-refractivity contribution in [1.82, 2.24) is 0 Å². The molecule has 2 saturated carbocycles. The van der Waals surface area contributed by atoms with E-state index in [1.54, 1.807) is 0 Å². The summed E-state index contributed by atoms with van der Waals surface area (Å²) in [6.45, 7) is 0. The van der Waals surface area contributed by atoms with E-state index in [9.17, 15) is 9.90 Å². The topological polar surface area (TPSA) is 50.4 Å². The lowest BCUT2D eigenvalue weighted by molar-refractivity contribution is 0.424. The van der Waals surface area contributed by atoms with Gasteiger partial charge in [-0.05, 0) is 31.6 Å². The smallest absolute Gasteiger partial charge is 0.343 e. The van der Waals surface area contributed by atoms with Crippen molar-refractivity contribution in [3.63, 3.8) is 0 Å². The third kappa shape index (κ3) is 3.57. The highest BCUT2D eigenvalue weighted by Crippen LogP contribution is 2.43. The first kappa shape index (κ1) is 17.7. The minimum Gasteiger partial charge on any atom is -0.507 e. The summed E-state index contributed by atoms with van der Waals surface area (Å²) in [6.07, 6.45) is 9.28. The minimum absolute atomic E-state index is 0.145. The first-order valence-electron chi connectivity index (χ1n) is 9.80. The summed E-state index contributed by atoms with van der Waals surface area (Å²) in [5.41, 5.74) is 1.82. The number of hydrogen-bond donors (Lipinski definition) is 1. The van der Waals surface area contributed by atoms with Gasteiger partial charge in [-0.2, -0.15) is 11.8 Å². The Morgan fingerprint density at radius 1 is 1.00 bits per heavy atom. The molecule has 0 atom stereocenters. The highest BCUT2D eigenvalue weighted by atomic mass is 32.2. The van der Waals surface area contributed by atoms with Gasteiger partial charge in [0.1, 0.15) is 11.5 Å².